The standard InChI is InChI=1S/C12H12ClN5O/c13-11-3-1-2-9-6-17(5-4-10(9)11)12(19)7-18-8-14-15-16-18/h1-3,8H,4-7H2. The summed E-state index contributed by atoms with van der Waals surface area (Å²) in [7, 11) is 0. The smallest absolute Gasteiger partial charge is 0.244 e. The Morgan fingerprint density at radius 3 is 3.11 bits per heavy atom. The van der Waals surface area contributed by atoms with Gasteiger partial charge in [0.2, 0.25) is 5.91 Å². The number of hydrogen-bond acceptors (Lipinski definition) is 4. The molecule has 0 fully saturated rings. The van der Waals surface area contributed by atoms with E-state index >= 15 is 0 Å². The van der Waals surface area contributed by atoms with Crippen molar-refractivity contribution in [2.75, 3.05) is 6.54 Å². The van der Waals surface area contributed by atoms with Crippen LogP contribution < -0.4 is 0 Å². The van der Waals surface area contributed by atoms with Crippen LogP contribution in [0.1, 0.15) is 11.1 Å². The van der Waals surface area contributed by atoms with Gasteiger partial charge in [0.05, 0.1) is 0 Å². The van der Waals surface area contributed by atoms with Crippen LogP contribution in [0.25, 0.3) is 0 Å². The Morgan fingerprint density at radius 1 is 1.42 bits per heavy atom. The fourth-order valence-corrected chi connectivity index (χ4v) is 2.56. The van der Waals surface area contributed by atoms with Crippen LogP contribution in [-0.4, -0.2) is 37.6 Å². The van der Waals surface area contributed by atoms with Crippen molar-refractivity contribution in [1.29, 1.82) is 0 Å². The molecule has 0 spiro atoms. The first-order valence-electron chi connectivity index (χ1n) is 5.99. The predicted octanol–water partition coefficient (Wildman–Crippen LogP) is 0.911. The van der Waals surface area contributed by atoms with E-state index in [1.54, 1.807) is 4.90 Å². The summed E-state index contributed by atoms with van der Waals surface area (Å²) in [6.07, 6.45) is 2.23. The first kappa shape index (κ1) is 12.1. The zero-order chi connectivity index (χ0) is 13.2. The van der Waals surface area contributed by atoms with Crippen LogP contribution in [0.4, 0.5) is 0 Å². The quantitative estimate of drug-likeness (QED) is 0.819. The van der Waals surface area contributed by atoms with E-state index in [1.807, 2.05) is 18.2 Å². The number of fused-ring (bicyclic) bond motifs is 1. The molecule has 0 unspecified atom stereocenters. The summed E-state index contributed by atoms with van der Waals surface area (Å²) in [5, 5.41) is 11.5. The number of amides is 1. The largest absolute Gasteiger partial charge is 0.336 e. The highest BCUT2D eigenvalue weighted by molar-refractivity contribution is 6.31. The van der Waals surface area contributed by atoms with Gasteiger partial charge in [-0.3, -0.25) is 4.79 Å². The Morgan fingerprint density at radius 2 is 2.32 bits per heavy atom. The van der Waals surface area contributed by atoms with Gasteiger partial charge >= 0.3 is 0 Å². The normalized spacial score (nSPS) is 14.3. The number of carbonyl (C=O) groups is 1. The van der Waals surface area contributed by atoms with E-state index < -0.39 is 0 Å². The lowest BCUT2D eigenvalue weighted by molar-refractivity contribution is -0.133. The molecule has 98 valence electrons. The number of aromatic nitrogens is 4. The molecule has 1 aliphatic heterocycles. The van der Waals surface area contributed by atoms with Crippen molar-refractivity contribution in [3.63, 3.8) is 0 Å². The molecule has 6 nitrogen and oxygen atoms in total. The van der Waals surface area contributed by atoms with Crippen LogP contribution in [0.15, 0.2) is 24.5 Å². The minimum atomic E-state index is 0.0120. The second-order valence-corrected chi connectivity index (χ2v) is 4.86. The molecule has 1 amide bonds. The minimum absolute atomic E-state index is 0.0120. The van der Waals surface area contributed by atoms with E-state index in [1.165, 1.54) is 11.0 Å². The molecule has 0 saturated carbocycles. The summed E-state index contributed by atoms with van der Waals surface area (Å²) in [6, 6.07) is 5.81. The SMILES string of the molecule is O=C(Cn1cnnn1)N1CCc2c(Cl)cccc2C1. The van der Waals surface area contributed by atoms with Gasteiger partial charge < -0.3 is 4.90 Å². The second kappa shape index (κ2) is 4.97. The Balaban J connectivity index is 1.73. The first-order chi connectivity index (χ1) is 9.24. The third kappa shape index (κ3) is 2.44. The summed E-state index contributed by atoms with van der Waals surface area (Å²) in [6.45, 7) is 1.44. The van der Waals surface area contributed by atoms with Gasteiger partial charge in [0.15, 0.2) is 0 Å². The van der Waals surface area contributed by atoms with Gasteiger partial charge in [0.25, 0.3) is 0 Å². The van der Waals surface area contributed by atoms with Gasteiger partial charge in [-0.25, -0.2) is 4.68 Å². The molecular formula is C12H12ClN5O. The Labute approximate surface area is 115 Å². The van der Waals surface area contributed by atoms with Crippen LogP contribution in [0.5, 0.6) is 0 Å². The summed E-state index contributed by atoms with van der Waals surface area (Å²) in [5.41, 5.74) is 2.26. The summed E-state index contributed by atoms with van der Waals surface area (Å²) in [5.74, 6) is 0.0120. The number of rotatable bonds is 2. The second-order valence-electron chi connectivity index (χ2n) is 4.45. The van der Waals surface area contributed by atoms with Crippen LogP contribution in [0, 0.1) is 0 Å². The molecule has 1 aromatic carbocycles. The summed E-state index contributed by atoms with van der Waals surface area (Å²) in [4.78, 5) is 13.9. The highest BCUT2D eigenvalue weighted by Gasteiger charge is 2.22. The maximum absolute atomic E-state index is 12.1. The number of hydrogen-bond donors (Lipinski definition) is 0. The summed E-state index contributed by atoms with van der Waals surface area (Å²) < 4.78 is 1.43. The molecule has 0 N–H and O–H groups in total. The zero-order valence-electron chi connectivity index (χ0n) is 10.2. The fourth-order valence-electron chi connectivity index (χ4n) is 2.27. The molecule has 19 heavy (non-hydrogen) atoms. The third-order valence-electron chi connectivity index (χ3n) is 3.25. The van der Waals surface area contributed by atoms with E-state index in [2.05, 4.69) is 15.5 Å². The molecule has 0 aliphatic carbocycles. The first-order valence-corrected chi connectivity index (χ1v) is 6.36. The fraction of sp³-hybridized carbons (Fsp3) is 0.333. The number of carbonyl (C=O) groups excluding carboxylic acids is 1. The molecule has 0 radical (unpaired) electrons. The van der Waals surface area contributed by atoms with E-state index in [9.17, 15) is 4.79 Å². The molecule has 1 aliphatic rings. The van der Waals surface area contributed by atoms with E-state index in [4.69, 9.17) is 11.6 Å². The van der Waals surface area contributed by atoms with Crippen LogP contribution in [0.3, 0.4) is 0 Å². The number of benzene rings is 1. The van der Waals surface area contributed by atoms with Crippen molar-refractivity contribution in [3.05, 3.63) is 40.7 Å². The topological polar surface area (TPSA) is 63.9 Å². The highest BCUT2D eigenvalue weighted by Crippen LogP contribution is 2.25. The maximum Gasteiger partial charge on any atom is 0.244 e. The van der Waals surface area contributed by atoms with Crippen molar-refractivity contribution < 1.29 is 4.79 Å². The highest BCUT2D eigenvalue weighted by atomic mass is 35.5. The zero-order valence-corrected chi connectivity index (χ0v) is 10.9. The number of tetrazole rings is 1. The van der Waals surface area contributed by atoms with Crippen LogP contribution in [0.2, 0.25) is 5.02 Å². The lowest BCUT2D eigenvalue weighted by Crippen LogP contribution is -2.38. The summed E-state index contributed by atoms with van der Waals surface area (Å²) >= 11 is 6.15. The molecule has 1 aromatic heterocycles. The maximum atomic E-state index is 12.1. The van der Waals surface area contributed by atoms with Crippen molar-refractivity contribution >= 4 is 17.5 Å². The lowest BCUT2D eigenvalue weighted by Gasteiger charge is -2.29. The van der Waals surface area contributed by atoms with Crippen LogP contribution in [-0.2, 0) is 24.3 Å². The Bertz CT molecular complexity index is 598. The van der Waals surface area contributed by atoms with Crippen molar-refractivity contribution in [3.8, 4) is 0 Å². The Hall–Kier alpha value is -1.95. The monoisotopic (exact) mass is 277 g/mol. The average molecular weight is 278 g/mol. The van der Waals surface area contributed by atoms with Crippen molar-refractivity contribution in [1.82, 2.24) is 25.1 Å². The molecule has 0 bridgehead atoms. The molecule has 3 rings (SSSR count). The van der Waals surface area contributed by atoms with Gasteiger partial charge in [-0.2, -0.15) is 0 Å². The van der Waals surface area contributed by atoms with E-state index in [0.717, 1.165) is 22.6 Å². The van der Waals surface area contributed by atoms with Gasteiger partial charge in [0, 0.05) is 18.1 Å². The predicted molar refractivity (Wildman–Crippen MR) is 68.4 cm³/mol. The van der Waals surface area contributed by atoms with Crippen molar-refractivity contribution in [2.45, 2.75) is 19.5 Å². The van der Waals surface area contributed by atoms with Crippen LogP contribution >= 0.6 is 11.6 Å². The van der Waals surface area contributed by atoms with Gasteiger partial charge in [-0.05, 0) is 34.0 Å². The molecule has 7 heteroatoms. The van der Waals surface area contributed by atoms with E-state index in [-0.39, 0.29) is 12.5 Å². The molecule has 2 heterocycles. The third-order valence-corrected chi connectivity index (χ3v) is 3.60. The molecule has 0 atom stereocenters. The minimum Gasteiger partial charge on any atom is -0.336 e. The van der Waals surface area contributed by atoms with Gasteiger partial charge in [0.1, 0.15) is 12.9 Å². The lowest BCUT2D eigenvalue weighted by atomic mass is 10.00. The number of halogens is 1. The Kier molecular flexibility index (Phi) is 3.16. The van der Waals surface area contributed by atoms with Crippen molar-refractivity contribution in [2.24, 2.45) is 0 Å². The molecule has 2 aromatic rings. The van der Waals surface area contributed by atoms with Gasteiger partial charge in [-0.15, -0.1) is 5.10 Å². The average Bonchev–Trinajstić information content (AvgIpc) is 2.91. The number of nitrogens with zero attached hydrogens (tertiary/aromatic N) is 5. The molecule has 0 saturated heterocycles. The van der Waals surface area contributed by atoms with E-state index in [0.29, 0.717) is 13.1 Å². The van der Waals surface area contributed by atoms with Gasteiger partial charge in [-0.1, -0.05) is 23.7 Å². The molecular weight excluding hydrogens is 266 g/mol.